The zero-order chi connectivity index (χ0) is 20.9. The Hall–Kier alpha value is -4.27. The molecular formula is C21H17FN6O2. The Morgan fingerprint density at radius 1 is 1.10 bits per heavy atom. The Labute approximate surface area is 171 Å². The number of aromatic amines is 1. The molecule has 0 atom stereocenters. The number of ether oxygens (including phenoxy) is 1. The minimum Gasteiger partial charge on any atom is -0.496 e. The number of carbonyl (C=O) groups is 1. The summed E-state index contributed by atoms with van der Waals surface area (Å²) in [7, 11) is 1.56. The standard InChI is InChI=1S/C21H17FN6O2/c1-30-17-10-3-2-8-15(17)19-25-21(28-27-19)26-20(29)16-9-5-11-23-18(16)24-14-7-4-6-13(22)12-14/h2-12H,1H3,(H,23,24)(H2,25,26,27,28,29). The van der Waals surface area contributed by atoms with Crippen LogP contribution in [0.5, 0.6) is 5.75 Å². The van der Waals surface area contributed by atoms with Crippen LogP contribution in [0.2, 0.25) is 0 Å². The normalized spacial score (nSPS) is 10.5. The lowest BCUT2D eigenvalue weighted by molar-refractivity contribution is 0.102. The number of halogens is 1. The van der Waals surface area contributed by atoms with Gasteiger partial charge in [-0.05, 0) is 42.5 Å². The van der Waals surface area contributed by atoms with Crippen LogP contribution in [-0.4, -0.2) is 33.2 Å². The fourth-order valence-corrected chi connectivity index (χ4v) is 2.84. The predicted molar refractivity (Wildman–Crippen MR) is 110 cm³/mol. The van der Waals surface area contributed by atoms with E-state index in [1.165, 1.54) is 18.3 Å². The van der Waals surface area contributed by atoms with Gasteiger partial charge in [-0.3, -0.25) is 15.2 Å². The molecule has 2 heterocycles. The van der Waals surface area contributed by atoms with E-state index in [0.717, 1.165) is 0 Å². The summed E-state index contributed by atoms with van der Waals surface area (Å²) in [6.45, 7) is 0. The highest BCUT2D eigenvalue weighted by molar-refractivity contribution is 6.07. The van der Waals surface area contributed by atoms with Crippen LogP contribution in [0.25, 0.3) is 11.4 Å². The van der Waals surface area contributed by atoms with Crippen molar-refractivity contribution in [3.05, 3.63) is 78.2 Å². The Balaban J connectivity index is 1.55. The van der Waals surface area contributed by atoms with E-state index in [1.807, 2.05) is 18.2 Å². The van der Waals surface area contributed by atoms with Crippen molar-refractivity contribution in [2.75, 3.05) is 17.7 Å². The van der Waals surface area contributed by atoms with E-state index in [9.17, 15) is 9.18 Å². The maximum Gasteiger partial charge on any atom is 0.261 e. The highest BCUT2D eigenvalue weighted by Crippen LogP contribution is 2.27. The number of benzene rings is 2. The van der Waals surface area contributed by atoms with Crippen LogP contribution < -0.4 is 15.4 Å². The van der Waals surface area contributed by atoms with Crippen LogP contribution in [0.3, 0.4) is 0 Å². The molecule has 0 aliphatic carbocycles. The predicted octanol–water partition coefficient (Wildman–Crippen LogP) is 4.01. The lowest BCUT2D eigenvalue weighted by atomic mass is 10.2. The number of rotatable bonds is 6. The molecule has 0 bridgehead atoms. The molecule has 9 heteroatoms. The van der Waals surface area contributed by atoms with Gasteiger partial charge in [-0.1, -0.05) is 18.2 Å². The maximum atomic E-state index is 13.4. The molecule has 0 aliphatic rings. The number of aromatic nitrogens is 4. The number of hydrogen-bond donors (Lipinski definition) is 3. The summed E-state index contributed by atoms with van der Waals surface area (Å²) >= 11 is 0. The topological polar surface area (TPSA) is 105 Å². The van der Waals surface area contributed by atoms with Crippen molar-refractivity contribution < 1.29 is 13.9 Å². The third kappa shape index (κ3) is 4.09. The molecule has 1 amide bonds. The summed E-state index contributed by atoms with van der Waals surface area (Å²) in [4.78, 5) is 21.3. The van der Waals surface area contributed by atoms with Gasteiger partial charge in [0, 0.05) is 11.9 Å². The quantitative estimate of drug-likeness (QED) is 0.448. The van der Waals surface area contributed by atoms with E-state index in [1.54, 1.807) is 37.4 Å². The van der Waals surface area contributed by atoms with Gasteiger partial charge in [0.05, 0.1) is 18.2 Å². The molecule has 2 aromatic heterocycles. The summed E-state index contributed by atoms with van der Waals surface area (Å²) in [5, 5.41) is 12.4. The summed E-state index contributed by atoms with van der Waals surface area (Å²) in [6, 6.07) is 16.4. The van der Waals surface area contributed by atoms with Crippen LogP contribution in [0, 0.1) is 5.82 Å². The van der Waals surface area contributed by atoms with Crippen molar-refractivity contribution in [2.45, 2.75) is 0 Å². The molecular weight excluding hydrogens is 387 g/mol. The minimum atomic E-state index is -0.465. The first kappa shape index (κ1) is 19.1. The van der Waals surface area contributed by atoms with E-state index in [4.69, 9.17) is 4.74 Å². The van der Waals surface area contributed by atoms with Gasteiger partial charge in [0.25, 0.3) is 5.91 Å². The lowest BCUT2D eigenvalue weighted by Gasteiger charge is -2.10. The molecule has 0 spiro atoms. The first-order valence-electron chi connectivity index (χ1n) is 8.99. The molecule has 0 radical (unpaired) electrons. The molecule has 0 saturated carbocycles. The van der Waals surface area contributed by atoms with Gasteiger partial charge >= 0.3 is 0 Å². The number of nitrogens with one attached hydrogen (secondary N) is 3. The monoisotopic (exact) mass is 404 g/mol. The van der Waals surface area contributed by atoms with Crippen molar-refractivity contribution in [2.24, 2.45) is 0 Å². The largest absolute Gasteiger partial charge is 0.496 e. The van der Waals surface area contributed by atoms with E-state index < -0.39 is 11.7 Å². The summed E-state index contributed by atoms with van der Waals surface area (Å²) in [6.07, 6.45) is 1.53. The lowest BCUT2D eigenvalue weighted by Crippen LogP contribution is -2.15. The number of carbonyl (C=O) groups excluding carboxylic acids is 1. The van der Waals surface area contributed by atoms with Crippen molar-refractivity contribution in [1.29, 1.82) is 0 Å². The van der Waals surface area contributed by atoms with Crippen molar-refractivity contribution in [3.8, 4) is 17.1 Å². The van der Waals surface area contributed by atoms with Crippen molar-refractivity contribution >= 4 is 23.4 Å². The number of para-hydroxylation sites is 1. The Kier molecular flexibility index (Phi) is 5.33. The second kappa shape index (κ2) is 8.39. The van der Waals surface area contributed by atoms with Gasteiger partial charge in [-0.25, -0.2) is 9.37 Å². The second-order valence-electron chi connectivity index (χ2n) is 6.20. The number of anilines is 3. The van der Waals surface area contributed by atoms with Crippen LogP contribution in [-0.2, 0) is 0 Å². The van der Waals surface area contributed by atoms with Gasteiger partial charge in [-0.2, -0.15) is 4.98 Å². The number of methoxy groups -OCH3 is 1. The van der Waals surface area contributed by atoms with E-state index >= 15 is 0 Å². The fourth-order valence-electron chi connectivity index (χ4n) is 2.84. The third-order valence-corrected chi connectivity index (χ3v) is 4.21. The van der Waals surface area contributed by atoms with Crippen molar-refractivity contribution in [1.82, 2.24) is 20.2 Å². The van der Waals surface area contributed by atoms with Crippen LogP contribution in [0.4, 0.5) is 21.8 Å². The number of nitrogens with zero attached hydrogens (tertiary/aromatic N) is 3. The van der Waals surface area contributed by atoms with E-state index in [0.29, 0.717) is 22.8 Å². The zero-order valence-corrected chi connectivity index (χ0v) is 15.9. The van der Waals surface area contributed by atoms with Gasteiger partial charge in [0.1, 0.15) is 17.4 Å². The van der Waals surface area contributed by atoms with Gasteiger partial charge < -0.3 is 10.1 Å². The van der Waals surface area contributed by atoms with Crippen molar-refractivity contribution in [3.63, 3.8) is 0 Å². The Morgan fingerprint density at radius 2 is 1.97 bits per heavy atom. The van der Waals surface area contributed by atoms with Crippen LogP contribution >= 0.6 is 0 Å². The van der Waals surface area contributed by atoms with Crippen LogP contribution in [0.1, 0.15) is 10.4 Å². The molecule has 0 fully saturated rings. The highest BCUT2D eigenvalue weighted by Gasteiger charge is 2.16. The molecule has 4 rings (SSSR count). The zero-order valence-electron chi connectivity index (χ0n) is 15.9. The van der Waals surface area contributed by atoms with Crippen LogP contribution in [0.15, 0.2) is 66.9 Å². The van der Waals surface area contributed by atoms with Gasteiger partial charge in [0.15, 0.2) is 5.82 Å². The van der Waals surface area contributed by atoms with E-state index in [2.05, 4.69) is 30.8 Å². The molecule has 150 valence electrons. The third-order valence-electron chi connectivity index (χ3n) is 4.21. The van der Waals surface area contributed by atoms with Gasteiger partial charge in [0.2, 0.25) is 5.95 Å². The first-order valence-corrected chi connectivity index (χ1v) is 8.99. The smallest absolute Gasteiger partial charge is 0.261 e. The Bertz CT molecular complexity index is 1190. The molecule has 0 aliphatic heterocycles. The fraction of sp³-hybridized carbons (Fsp3) is 0.0476. The molecule has 4 aromatic rings. The number of amides is 1. The Morgan fingerprint density at radius 3 is 2.80 bits per heavy atom. The summed E-state index contributed by atoms with van der Waals surface area (Å²) in [5.74, 6) is 0.592. The second-order valence-corrected chi connectivity index (χ2v) is 6.20. The number of hydrogen-bond acceptors (Lipinski definition) is 6. The number of pyridine rings is 1. The molecule has 30 heavy (non-hydrogen) atoms. The molecule has 8 nitrogen and oxygen atoms in total. The maximum absolute atomic E-state index is 13.4. The van der Waals surface area contributed by atoms with Gasteiger partial charge in [-0.15, -0.1) is 5.10 Å². The molecule has 0 saturated heterocycles. The SMILES string of the molecule is COc1ccccc1-c1nc(NC(=O)c2cccnc2Nc2cccc(F)c2)n[nH]1. The average molecular weight is 404 g/mol. The number of H-pyrrole nitrogens is 1. The summed E-state index contributed by atoms with van der Waals surface area (Å²) in [5.41, 5.74) is 1.44. The molecule has 2 aromatic carbocycles. The molecule has 3 N–H and O–H groups in total. The molecule has 0 unspecified atom stereocenters. The minimum absolute atomic E-state index is 0.0986. The average Bonchev–Trinajstić information content (AvgIpc) is 3.22. The van der Waals surface area contributed by atoms with E-state index in [-0.39, 0.29) is 17.3 Å². The summed E-state index contributed by atoms with van der Waals surface area (Å²) < 4.78 is 18.8. The highest BCUT2D eigenvalue weighted by atomic mass is 19.1. The first-order chi connectivity index (χ1) is 14.6.